The number of para-hydroxylation sites is 2. The fraction of sp³-hybridized carbons (Fsp3) is 0.194. The van der Waals surface area contributed by atoms with Crippen molar-refractivity contribution in [3.63, 3.8) is 0 Å². The monoisotopic (exact) mass is 590 g/mol. The van der Waals surface area contributed by atoms with Crippen LogP contribution in [-0.2, 0) is 11.3 Å². The van der Waals surface area contributed by atoms with Gasteiger partial charge in [0, 0.05) is 36.1 Å². The Morgan fingerprint density at radius 3 is 2.48 bits per heavy atom. The number of carboxylic acid groups (broad SMARTS) is 1. The third-order valence-electron chi connectivity index (χ3n) is 6.84. The lowest BCUT2D eigenvalue weighted by Gasteiger charge is -2.34. The van der Waals surface area contributed by atoms with Crippen LogP contribution < -0.4 is 20.4 Å². The van der Waals surface area contributed by atoms with Crippen LogP contribution in [0, 0.1) is 12.7 Å². The van der Waals surface area contributed by atoms with Crippen molar-refractivity contribution in [2.45, 2.75) is 13.5 Å². The van der Waals surface area contributed by atoms with Crippen molar-refractivity contribution in [2.24, 2.45) is 5.73 Å². The van der Waals surface area contributed by atoms with Gasteiger partial charge in [-0.1, -0.05) is 36.4 Å². The number of hydrogen-bond donors (Lipinski definition) is 3. The van der Waals surface area contributed by atoms with Crippen LogP contribution in [0.2, 0.25) is 0 Å². The Morgan fingerprint density at radius 2 is 1.83 bits per heavy atom. The first-order valence-electron chi connectivity index (χ1n) is 13.1. The SMILES string of the molecule is Cc1cc(C(=O)N(C)c2ccccc2-c2cccs2)ccc1CN.O=C1CN(C(=O)O)c2c(F)cccc2N1CCO. The molecular weight excluding hydrogens is 559 g/mol. The molecule has 0 bridgehead atoms. The summed E-state index contributed by atoms with van der Waals surface area (Å²) in [5, 5.41) is 19.9. The molecule has 2 heterocycles. The van der Waals surface area contributed by atoms with Gasteiger partial charge >= 0.3 is 6.09 Å². The zero-order valence-corrected chi connectivity index (χ0v) is 24.0. The van der Waals surface area contributed by atoms with Crippen molar-refractivity contribution in [1.82, 2.24) is 0 Å². The van der Waals surface area contributed by atoms with Crippen LogP contribution in [0.4, 0.5) is 26.2 Å². The number of carbonyl (C=O) groups excluding carboxylic acids is 2. The van der Waals surface area contributed by atoms with Gasteiger partial charge in [0.05, 0.1) is 18.0 Å². The third-order valence-corrected chi connectivity index (χ3v) is 7.74. The molecule has 3 amide bonds. The van der Waals surface area contributed by atoms with E-state index in [9.17, 15) is 18.8 Å². The minimum atomic E-state index is -1.39. The highest BCUT2D eigenvalue weighted by Crippen LogP contribution is 2.36. The zero-order chi connectivity index (χ0) is 30.4. The Kier molecular flexibility index (Phi) is 9.68. The predicted molar refractivity (Wildman–Crippen MR) is 163 cm³/mol. The van der Waals surface area contributed by atoms with E-state index < -0.39 is 24.4 Å². The van der Waals surface area contributed by atoms with Crippen molar-refractivity contribution < 1.29 is 29.0 Å². The van der Waals surface area contributed by atoms with Gasteiger partial charge in [-0.15, -0.1) is 11.3 Å². The molecule has 1 aromatic heterocycles. The summed E-state index contributed by atoms with van der Waals surface area (Å²) in [5.74, 6) is -1.24. The van der Waals surface area contributed by atoms with Gasteiger partial charge in [0.15, 0.2) is 0 Å². The summed E-state index contributed by atoms with van der Waals surface area (Å²) in [6.07, 6.45) is -1.39. The normalized spacial score (nSPS) is 12.4. The van der Waals surface area contributed by atoms with Gasteiger partial charge < -0.3 is 25.7 Å². The minimum absolute atomic E-state index is 0.00272. The molecule has 0 fully saturated rings. The van der Waals surface area contributed by atoms with Gasteiger partial charge in [-0.3, -0.25) is 14.5 Å². The van der Waals surface area contributed by atoms with Crippen LogP contribution in [-0.4, -0.2) is 54.9 Å². The lowest BCUT2D eigenvalue weighted by atomic mass is 10.0. The molecule has 218 valence electrons. The molecule has 5 rings (SSSR count). The number of aliphatic hydroxyl groups excluding tert-OH is 1. The number of β-amino-alcohol motifs (C(OH)–C–C–N with tert-alkyl or cyclic N) is 1. The molecule has 0 saturated heterocycles. The molecule has 3 aromatic carbocycles. The molecule has 1 aliphatic rings. The highest BCUT2D eigenvalue weighted by atomic mass is 32.1. The number of fused-ring (bicyclic) bond motifs is 1. The first kappa shape index (κ1) is 30.4. The van der Waals surface area contributed by atoms with Crippen LogP contribution in [0.5, 0.6) is 0 Å². The summed E-state index contributed by atoms with van der Waals surface area (Å²) in [6.45, 7) is 1.73. The second-order valence-corrected chi connectivity index (χ2v) is 10.4. The number of thiophene rings is 1. The van der Waals surface area contributed by atoms with E-state index in [0.29, 0.717) is 17.0 Å². The standard InChI is InChI=1S/C20H20N2OS.C11H11FN2O4/c1-14-12-15(9-10-16(14)13-21)20(23)22(2)18-7-4-3-6-17(18)19-8-5-11-24-19;12-7-2-1-3-8-10(7)14(11(17)18)6-9(16)13(8)4-5-15/h3-12H,13,21H2,1-2H3;1-3,15H,4-6H2,(H,17,18). The quantitative estimate of drug-likeness (QED) is 0.287. The summed E-state index contributed by atoms with van der Waals surface area (Å²) in [5.41, 5.74) is 10.5. The third kappa shape index (κ3) is 6.33. The molecule has 4 N–H and O–H groups in total. The number of benzene rings is 3. The van der Waals surface area contributed by atoms with Gasteiger partial charge in [0.1, 0.15) is 18.0 Å². The smallest absolute Gasteiger partial charge is 0.412 e. The first-order valence-corrected chi connectivity index (χ1v) is 14.0. The summed E-state index contributed by atoms with van der Waals surface area (Å²) in [6, 6.07) is 21.7. The number of carbonyl (C=O) groups is 3. The van der Waals surface area contributed by atoms with Crippen molar-refractivity contribution in [3.05, 3.63) is 101 Å². The maximum Gasteiger partial charge on any atom is 0.412 e. The summed E-state index contributed by atoms with van der Waals surface area (Å²) in [7, 11) is 1.82. The van der Waals surface area contributed by atoms with Gasteiger partial charge in [-0.05, 0) is 59.8 Å². The molecule has 0 unspecified atom stereocenters. The Hall–Kier alpha value is -4.58. The molecular formula is C31H31FN4O5S. The van der Waals surface area contributed by atoms with Crippen LogP contribution in [0.3, 0.4) is 0 Å². The molecule has 0 atom stereocenters. The number of nitrogens with two attached hydrogens (primary N) is 1. The van der Waals surface area contributed by atoms with E-state index in [1.165, 1.54) is 17.0 Å². The molecule has 4 aromatic rings. The molecule has 0 spiro atoms. The fourth-order valence-electron chi connectivity index (χ4n) is 4.70. The van der Waals surface area contributed by atoms with Gasteiger partial charge in [-0.25, -0.2) is 9.18 Å². The first-order chi connectivity index (χ1) is 20.2. The average molecular weight is 591 g/mol. The highest BCUT2D eigenvalue weighted by Gasteiger charge is 2.34. The fourth-order valence-corrected chi connectivity index (χ4v) is 5.46. The summed E-state index contributed by atoms with van der Waals surface area (Å²) in [4.78, 5) is 40.4. The largest absolute Gasteiger partial charge is 0.465 e. The van der Waals surface area contributed by atoms with Crippen molar-refractivity contribution >= 4 is 46.3 Å². The van der Waals surface area contributed by atoms with Gasteiger partial charge in [0.25, 0.3) is 5.91 Å². The van der Waals surface area contributed by atoms with E-state index in [1.807, 2.05) is 67.9 Å². The number of anilines is 3. The number of amides is 3. The van der Waals surface area contributed by atoms with Gasteiger partial charge in [-0.2, -0.15) is 0 Å². The maximum absolute atomic E-state index is 13.7. The summed E-state index contributed by atoms with van der Waals surface area (Å²) >= 11 is 1.67. The second kappa shape index (κ2) is 13.4. The van der Waals surface area contributed by atoms with Gasteiger partial charge in [0.2, 0.25) is 5.91 Å². The highest BCUT2D eigenvalue weighted by molar-refractivity contribution is 7.13. The van der Waals surface area contributed by atoms with Crippen LogP contribution in [0.1, 0.15) is 21.5 Å². The Bertz CT molecular complexity index is 1590. The van der Waals surface area contributed by atoms with Crippen molar-refractivity contribution in [2.75, 3.05) is 41.4 Å². The lowest BCUT2D eigenvalue weighted by molar-refractivity contribution is -0.117. The zero-order valence-electron chi connectivity index (χ0n) is 23.2. The Morgan fingerprint density at radius 1 is 1.07 bits per heavy atom. The van der Waals surface area contributed by atoms with E-state index in [1.54, 1.807) is 16.2 Å². The number of aryl methyl sites for hydroxylation is 1. The van der Waals surface area contributed by atoms with Crippen LogP contribution >= 0.6 is 11.3 Å². The second-order valence-electron chi connectivity index (χ2n) is 9.45. The number of nitrogens with zero attached hydrogens (tertiary/aromatic N) is 3. The Labute approximate surface area is 246 Å². The average Bonchev–Trinajstić information content (AvgIpc) is 3.53. The molecule has 11 heteroatoms. The number of aliphatic hydroxyl groups is 1. The van der Waals surface area contributed by atoms with Crippen molar-refractivity contribution in [3.8, 4) is 10.4 Å². The molecule has 9 nitrogen and oxygen atoms in total. The summed E-state index contributed by atoms with van der Waals surface area (Å²) < 4.78 is 13.7. The molecule has 0 aliphatic carbocycles. The molecule has 0 saturated carbocycles. The Balaban J connectivity index is 0.000000201. The minimum Gasteiger partial charge on any atom is -0.465 e. The predicted octanol–water partition coefficient (Wildman–Crippen LogP) is 5.11. The van der Waals surface area contributed by atoms with E-state index in [0.717, 1.165) is 33.3 Å². The topological polar surface area (TPSA) is 127 Å². The van der Waals surface area contributed by atoms with E-state index in [-0.39, 0.29) is 30.4 Å². The van der Waals surface area contributed by atoms with Crippen LogP contribution in [0.25, 0.3) is 10.4 Å². The molecule has 42 heavy (non-hydrogen) atoms. The van der Waals surface area contributed by atoms with Crippen molar-refractivity contribution in [1.29, 1.82) is 0 Å². The van der Waals surface area contributed by atoms with E-state index in [4.69, 9.17) is 15.9 Å². The van der Waals surface area contributed by atoms with E-state index >= 15 is 0 Å². The molecule has 1 aliphatic heterocycles. The number of rotatable bonds is 6. The lowest BCUT2D eigenvalue weighted by Crippen LogP contribution is -2.49. The van der Waals surface area contributed by atoms with E-state index in [2.05, 4.69) is 6.07 Å². The van der Waals surface area contributed by atoms with Crippen LogP contribution in [0.15, 0.2) is 78.2 Å². The number of hydrogen-bond acceptors (Lipinski definition) is 6. The molecule has 0 radical (unpaired) electrons. The maximum atomic E-state index is 13.7. The number of halogens is 1.